The summed E-state index contributed by atoms with van der Waals surface area (Å²) in [7, 11) is 0. The van der Waals surface area contributed by atoms with Gasteiger partial charge in [-0.3, -0.25) is 5.10 Å². The highest BCUT2D eigenvalue weighted by Gasteiger charge is 2.25. The minimum atomic E-state index is -0.234. The highest BCUT2D eigenvalue weighted by molar-refractivity contribution is 9.10. The number of aromatic amines is 1. The van der Waals surface area contributed by atoms with E-state index < -0.39 is 0 Å². The summed E-state index contributed by atoms with van der Waals surface area (Å²) in [5, 5.41) is 7.37. The molecule has 3 rings (SSSR count). The molecule has 1 fully saturated rings. The Labute approximate surface area is 107 Å². The second kappa shape index (κ2) is 4.26. The molecule has 1 N–H and O–H groups in total. The van der Waals surface area contributed by atoms with E-state index in [0.29, 0.717) is 5.92 Å². The summed E-state index contributed by atoms with van der Waals surface area (Å²) in [5.74, 6) is 0.349. The van der Waals surface area contributed by atoms with Gasteiger partial charge in [-0.1, -0.05) is 18.6 Å². The van der Waals surface area contributed by atoms with Crippen LogP contribution in [0.25, 0.3) is 11.3 Å². The first kappa shape index (κ1) is 11.0. The quantitative estimate of drug-likeness (QED) is 0.881. The van der Waals surface area contributed by atoms with Crippen molar-refractivity contribution in [1.29, 1.82) is 0 Å². The zero-order chi connectivity index (χ0) is 11.8. The van der Waals surface area contributed by atoms with Crippen molar-refractivity contribution < 1.29 is 4.39 Å². The molecule has 1 aliphatic carbocycles. The van der Waals surface area contributed by atoms with Crippen molar-refractivity contribution in [3.05, 3.63) is 40.2 Å². The smallest absolute Gasteiger partial charge is 0.123 e. The van der Waals surface area contributed by atoms with Crippen LogP contribution in [0.3, 0.4) is 0 Å². The molecule has 2 aromatic rings. The van der Waals surface area contributed by atoms with Crippen molar-refractivity contribution in [2.45, 2.75) is 25.2 Å². The molecule has 88 valence electrons. The average Bonchev–Trinajstić information content (AvgIpc) is 2.59. The van der Waals surface area contributed by atoms with Crippen molar-refractivity contribution >= 4 is 15.9 Å². The fourth-order valence-corrected chi connectivity index (χ4v) is 2.87. The summed E-state index contributed by atoms with van der Waals surface area (Å²) in [5.41, 5.74) is 2.75. The van der Waals surface area contributed by atoms with Gasteiger partial charge in [0.2, 0.25) is 0 Å². The number of rotatable bonds is 2. The second-order valence-electron chi connectivity index (χ2n) is 4.44. The molecule has 1 heterocycles. The molecule has 0 atom stereocenters. The predicted octanol–water partition coefficient (Wildman–Crippen LogP) is 4.25. The number of H-pyrrole nitrogens is 1. The summed E-state index contributed by atoms with van der Waals surface area (Å²) in [6.45, 7) is 0. The number of halogens is 2. The first-order valence-electron chi connectivity index (χ1n) is 5.75. The monoisotopic (exact) mass is 294 g/mol. The van der Waals surface area contributed by atoms with Crippen LogP contribution in [0.4, 0.5) is 4.39 Å². The van der Waals surface area contributed by atoms with Gasteiger partial charge in [-0.05, 0) is 40.9 Å². The lowest BCUT2D eigenvalue weighted by molar-refractivity contribution is 0.409. The molecule has 1 aromatic heterocycles. The Morgan fingerprint density at radius 2 is 2.18 bits per heavy atom. The molecule has 0 radical (unpaired) electrons. The van der Waals surface area contributed by atoms with Crippen LogP contribution in [-0.2, 0) is 0 Å². The van der Waals surface area contributed by atoms with E-state index in [0.717, 1.165) is 21.4 Å². The van der Waals surface area contributed by atoms with E-state index in [1.807, 2.05) is 6.07 Å². The highest BCUT2D eigenvalue weighted by Crippen LogP contribution is 2.41. The topological polar surface area (TPSA) is 28.7 Å². The molecule has 0 aliphatic heterocycles. The van der Waals surface area contributed by atoms with Gasteiger partial charge < -0.3 is 0 Å². The van der Waals surface area contributed by atoms with Gasteiger partial charge in [0.05, 0.1) is 10.2 Å². The fraction of sp³-hybridized carbons (Fsp3) is 0.308. The van der Waals surface area contributed by atoms with Gasteiger partial charge in [0.1, 0.15) is 11.5 Å². The largest absolute Gasteiger partial charge is 0.280 e. The zero-order valence-electron chi connectivity index (χ0n) is 9.21. The van der Waals surface area contributed by atoms with Crippen molar-refractivity contribution in [3.63, 3.8) is 0 Å². The Kier molecular flexibility index (Phi) is 2.74. The SMILES string of the molecule is Fc1cccc(-c2n[nH]c(C3CCC3)c2Br)c1. The van der Waals surface area contributed by atoms with E-state index in [-0.39, 0.29) is 5.82 Å². The maximum absolute atomic E-state index is 13.2. The Balaban J connectivity index is 2.00. The van der Waals surface area contributed by atoms with Crippen molar-refractivity contribution in [2.75, 3.05) is 0 Å². The average molecular weight is 295 g/mol. The summed E-state index contributed by atoms with van der Waals surface area (Å²) in [4.78, 5) is 0. The van der Waals surface area contributed by atoms with Gasteiger partial charge >= 0.3 is 0 Å². The van der Waals surface area contributed by atoms with Gasteiger partial charge in [-0.25, -0.2) is 4.39 Å². The molecule has 1 aromatic carbocycles. The molecule has 0 spiro atoms. The Morgan fingerprint density at radius 1 is 1.35 bits per heavy atom. The van der Waals surface area contributed by atoms with Gasteiger partial charge in [-0.15, -0.1) is 0 Å². The lowest BCUT2D eigenvalue weighted by Gasteiger charge is -2.24. The maximum atomic E-state index is 13.2. The third-order valence-corrected chi connectivity index (χ3v) is 4.15. The van der Waals surface area contributed by atoms with Crippen LogP contribution in [0.2, 0.25) is 0 Å². The van der Waals surface area contributed by atoms with Gasteiger partial charge in [0.15, 0.2) is 0 Å². The van der Waals surface area contributed by atoms with E-state index in [2.05, 4.69) is 26.1 Å². The third-order valence-electron chi connectivity index (χ3n) is 3.34. The number of hydrogen-bond donors (Lipinski definition) is 1. The van der Waals surface area contributed by atoms with Crippen molar-refractivity contribution in [3.8, 4) is 11.3 Å². The molecule has 17 heavy (non-hydrogen) atoms. The minimum Gasteiger partial charge on any atom is -0.280 e. The zero-order valence-corrected chi connectivity index (χ0v) is 10.8. The Hall–Kier alpha value is -1.16. The Morgan fingerprint density at radius 3 is 2.82 bits per heavy atom. The molecule has 0 unspecified atom stereocenters. The molecule has 0 bridgehead atoms. The van der Waals surface area contributed by atoms with Crippen LogP contribution in [0.15, 0.2) is 28.7 Å². The lowest BCUT2D eigenvalue weighted by Crippen LogP contribution is -2.09. The first-order chi connectivity index (χ1) is 8.25. The number of nitrogens with one attached hydrogen (secondary N) is 1. The first-order valence-corrected chi connectivity index (χ1v) is 6.54. The maximum Gasteiger partial charge on any atom is 0.123 e. The number of benzene rings is 1. The van der Waals surface area contributed by atoms with E-state index in [4.69, 9.17) is 0 Å². The van der Waals surface area contributed by atoms with Crippen LogP contribution < -0.4 is 0 Å². The van der Waals surface area contributed by atoms with Gasteiger partial charge in [-0.2, -0.15) is 5.10 Å². The van der Waals surface area contributed by atoms with Crippen molar-refractivity contribution in [2.24, 2.45) is 0 Å². The predicted molar refractivity (Wildman–Crippen MR) is 68.3 cm³/mol. The van der Waals surface area contributed by atoms with Gasteiger partial charge in [0, 0.05) is 11.5 Å². The molecular weight excluding hydrogens is 283 g/mol. The van der Waals surface area contributed by atoms with Crippen molar-refractivity contribution in [1.82, 2.24) is 10.2 Å². The molecule has 2 nitrogen and oxygen atoms in total. The molecule has 1 saturated carbocycles. The standard InChI is InChI=1S/C13H12BrFN2/c14-11-12(8-3-1-4-8)16-17-13(11)9-5-2-6-10(15)7-9/h2,5-8H,1,3-4H2,(H,16,17). The van der Waals surface area contributed by atoms with E-state index in [9.17, 15) is 4.39 Å². The molecular formula is C13H12BrFN2. The molecule has 1 aliphatic rings. The number of aromatic nitrogens is 2. The van der Waals surface area contributed by atoms with Gasteiger partial charge in [0.25, 0.3) is 0 Å². The summed E-state index contributed by atoms with van der Waals surface area (Å²) in [6.07, 6.45) is 3.71. The number of nitrogens with zero attached hydrogens (tertiary/aromatic N) is 1. The van der Waals surface area contributed by atoms with E-state index >= 15 is 0 Å². The highest BCUT2D eigenvalue weighted by atomic mass is 79.9. The summed E-state index contributed by atoms with van der Waals surface area (Å²) < 4.78 is 14.2. The fourth-order valence-electron chi connectivity index (χ4n) is 2.14. The van der Waals surface area contributed by atoms with Crippen LogP contribution in [0.5, 0.6) is 0 Å². The third kappa shape index (κ3) is 1.90. The molecule has 0 amide bonds. The normalized spacial score (nSPS) is 15.9. The molecule has 4 heteroatoms. The van der Waals surface area contributed by atoms with Crippen LogP contribution in [0.1, 0.15) is 30.9 Å². The minimum absolute atomic E-state index is 0.234. The second-order valence-corrected chi connectivity index (χ2v) is 5.23. The van der Waals surface area contributed by atoms with E-state index in [1.165, 1.54) is 31.4 Å². The van der Waals surface area contributed by atoms with Crippen LogP contribution >= 0.6 is 15.9 Å². The molecule has 0 saturated heterocycles. The van der Waals surface area contributed by atoms with Crippen LogP contribution in [-0.4, -0.2) is 10.2 Å². The Bertz CT molecular complexity index is 546. The lowest BCUT2D eigenvalue weighted by atomic mass is 9.83. The summed E-state index contributed by atoms with van der Waals surface area (Å²) in [6, 6.07) is 6.52. The number of hydrogen-bond acceptors (Lipinski definition) is 1. The van der Waals surface area contributed by atoms with Crippen LogP contribution in [0, 0.1) is 5.82 Å². The summed E-state index contributed by atoms with van der Waals surface area (Å²) >= 11 is 3.57. The van der Waals surface area contributed by atoms with E-state index in [1.54, 1.807) is 6.07 Å².